The quantitative estimate of drug-likeness (QED) is 0.596. The molecule has 5 nitrogen and oxygen atoms in total. The van der Waals surface area contributed by atoms with Gasteiger partial charge >= 0.3 is 6.09 Å². The van der Waals surface area contributed by atoms with E-state index in [1.165, 1.54) is 0 Å². The Hall–Kier alpha value is -1.17. The van der Waals surface area contributed by atoms with Gasteiger partial charge in [0.15, 0.2) is 0 Å². The maximum absolute atomic E-state index is 10.6. The lowest BCUT2D eigenvalue weighted by Crippen LogP contribution is -2.44. The molecule has 3 heterocycles. The fourth-order valence-electron chi connectivity index (χ4n) is 1.23. The Bertz CT molecular complexity index is 284. The van der Waals surface area contributed by atoms with Crippen molar-refractivity contribution in [2.75, 3.05) is 13.2 Å². The van der Waals surface area contributed by atoms with E-state index in [1.807, 2.05) is 11.6 Å². The molecule has 1 atom stereocenters. The van der Waals surface area contributed by atoms with E-state index < -0.39 is 0 Å². The van der Waals surface area contributed by atoms with Gasteiger partial charge in [-0.15, -0.1) is 11.8 Å². The number of nitrogens with one attached hydrogen (secondary N) is 1. The van der Waals surface area contributed by atoms with Gasteiger partial charge in [-0.25, -0.2) is 4.79 Å². The number of hydrogen-bond donors (Lipinski definition) is 1. The molecule has 2 fully saturated rings. The van der Waals surface area contributed by atoms with Crippen molar-refractivity contribution >= 4 is 23.8 Å². The number of rotatable bonds is 0. The van der Waals surface area contributed by atoms with E-state index in [1.54, 1.807) is 16.7 Å². The molecule has 2 saturated heterocycles. The van der Waals surface area contributed by atoms with Crippen LogP contribution in [0, 0.1) is 0 Å². The van der Waals surface area contributed by atoms with Crippen molar-refractivity contribution < 1.29 is 14.3 Å². The molecule has 2 amide bonds. The van der Waals surface area contributed by atoms with Crippen molar-refractivity contribution in [1.82, 2.24) is 10.2 Å². The first-order chi connectivity index (χ1) is 6.77. The third kappa shape index (κ3) is 1.84. The first kappa shape index (κ1) is 9.39. The third-order valence-electron chi connectivity index (χ3n) is 2.01. The molecule has 0 bridgehead atoms. The highest BCUT2D eigenvalue weighted by Gasteiger charge is 2.36. The molecule has 3 aliphatic heterocycles. The topological polar surface area (TPSA) is 58.6 Å². The summed E-state index contributed by atoms with van der Waals surface area (Å²) in [5, 5.41) is 4.89. The molecule has 0 aromatic carbocycles. The summed E-state index contributed by atoms with van der Waals surface area (Å²) >= 11 is 1.72. The number of amides is 2. The predicted octanol–water partition coefficient (Wildman–Crippen LogP) is 0.489. The van der Waals surface area contributed by atoms with Crippen LogP contribution in [-0.4, -0.2) is 35.4 Å². The molecule has 76 valence electrons. The Morgan fingerprint density at radius 3 is 2.79 bits per heavy atom. The molecule has 0 saturated carbocycles. The first-order valence-corrected chi connectivity index (χ1v) is 5.25. The van der Waals surface area contributed by atoms with E-state index in [0.29, 0.717) is 18.5 Å². The highest BCUT2D eigenvalue weighted by atomic mass is 32.2. The number of hydrogen-bond acceptors (Lipinski definition) is 4. The maximum atomic E-state index is 10.6. The van der Waals surface area contributed by atoms with Gasteiger partial charge in [-0.2, -0.15) is 0 Å². The van der Waals surface area contributed by atoms with Gasteiger partial charge < -0.3 is 15.0 Å². The molecule has 0 radical (unpaired) electrons. The van der Waals surface area contributed by atoms with Crippen molar-refractivity contribution in [2.45, 2.75) is 11.8 Å². The second-order valence-corrected chi connectivity index (χ2v) is 4.03. The minimum Gasteiger partial charge on any atom is -0.448 e. The van der Waals surface area contributed by atoms with Crippen molar-refractivity contribution in [3.05, 3.63) is 11.6 Å². The molecule has 0 spiro atoms. The third-order valence-corrected chi connectivity index (χ3v) is 3.00. The Labute approximate surface area is 85.5 Å². The predicted molar refractivity (Wildman–Crippen MR) is 51.3 cm³/mol. The van der Waals surface area contributed by atoms with Gasteiger partial charge in [-0.1, -0.05) is 0 Å². The van der Waals surface area contributed by atoms with Crippen molar-refractivity contribution in [1.29, 1.82) is 0 Å². The van der Waals surface area contributed by atoms with Gasteiger partial charge in [-0.05, 0) is 5.41 Å². The molecular formula is C8H10N2O3S. The number of cyclic esters (lactones) is 1. The lowest BCUT2D eigenvalue weighted by molar-refractivity contribution is -0.137. The summed E-state index contributed by atoms with van der Waals surface area (Å²) in [7, 11) is 0. The number of alkyl carbamates (subject to hydrolysis) is 1. The largest absolute Gasteiger partial charge is 0.448 e. The average Bonchev–Trinajstić information content (AvgIpc) is 2.74. The van der Waals surface area contributed by atoms with Crippen LogP contribution in [0.15, 0.2) is 11.6 Å². The van der Waals surface area contributed by atoms with Gasteiger partial charge in [0.05, 0.1) is 18.3 Å². The smallest absolute Gasteiger partial charge is 0.407 e. The van der Waals surface area contributed by atoms with Crippen molar-refractivity contribution in [2.24, 2.45) is 0 Å². The average molecular weight is 214 g/mol. The minimum absolute atomic E-state index is 0.260. The fourth-order valence-corrected chi connectivity index (χ4v) is 2.17. The Balaban J connectivity index is 0.000000112. The van der Waals surface area contributed by atoms with E-state index in [4.69, 9.17) is 0 Å². The van der Waals surface area contributed by atoms with Crippen molar-refractivity contribution in [3.63, 3.8) is 0 Å². The molecule has 0 unspecified atom stereocenters. The maximum Gasteiger partial charge on any atom is 0.407 e. The summed E-state index contributed by atoms with van der Waals surface area (Å²) in [6.45, 7) is 1.19. The standard InChI is InChI=1S/C5H5NOS.C3H5NO2/c7-4-3-5-6(4)1-2-8-5;5-3-4-1-2-6-3/h1-2,5H,3H2;1-2H2,(H,4,5)/t5-;/m1./s1. The number of ether oxygens (including phenoxy) is 1. The number of nitrogens with zero attached hydrogens (tertiary/aromatic N) is 1. The molecule has 6 heteroatoms. The van der Waals surface area contributed by atoms with Crippen LogP contribution in [0.2, 0.25) is 0 Å². The van der Waals surface area contributed by atoms with Crippen LogP contribution in [0.5, 0.6) is 0 Å². The fraction of sp³-hybridized carbons (Fsp3) is 0.500. The summed E-state index contributed by atoms with van der Waals surface area (Å²) in [5.41, 5.74) is 0. The second kappa shape index (κ2) is 3.91. The minimum atomic E-state index is -0.296. The zero-order valence-electron chi connectivity index (χ0n) is 7.43. The molecular weight excluding hydrogens is 204 g/mol. The molecule has 1 N–H and O–H groups in total. The molecule has 3 aliphatic rings. The lowest BCUT2D eigenvalue weighted by Gasteiger charge is -2.31. The summed E-state index contributed by atoms with van der Waals surface area (Å²) in [4.78, 5) is 22.3. The van der Waals surface area contributed by atoms with E-state index in [-0.39, 0.29) is 12.0 Å². The van der Waals surface area contributed by atoms with Gasteiger partial charge in [0, 0.05) is 6.20 Å². The van der Waals surface area contributed by atoms with Crippen LogP contribution in [-0.2, 0) is 9.53 Å². The highest BCUT2D eigenvalue weighted by Crippen LogP contribution is 2.35. The van der Waals surface area contributed by atoms with Gasteiger partial charge in [0.25, 0.3) is 0 Å². The van der Waals surface area contributed by atoms with Crippen LogP contribution in [0.4, 0.5) is 4.79 Å². The summed E-state index contributed by atoms with van der Waals surface area (Å²) in [5.74, 6) is 0.260. The Morgan fingerprint density at radius 1 is 1.57 bits per heavy atom. The number of fused-ring (bicyclic) bond motifs is 1. The number of β-lactam (4-membered cyclic amide) rings is 1. The summed E-state index contributed by atoms with van der Waals surface area (Å²) in [6, 6.07) is 0. The van der Waals surface area contributed by atoms with Gasteiger partial charge in [0.1, 0.15) is 6.61 Å². The highest BCUT2D eigenvalue weighted by molar-refractivity contribution is 8.03. The zero-order chi connectivity index (χ0) is 9.97. The monoisotopic (exact) mass is 214 g/mol. The molecule has 0 aliphatic carbocycles. The normalized spacial score (nSPS) is 27.1. The second-order valence-electron chi connectivity index (χ2n) is 2.94. The number of carbonyl (C=O) groups is 2. The summed E-state index contributed by atoms with van der Waals surface area (Å²) < 4.78 is 4.40. The van der Waals surface area contributed by atoms with Crippen LogP contribution in [0.1, 0.15) is 6.42 Å². The first-order valence-electron chi connectivity index (χ1n) is 4.31. The van der Waals surface area contributed by atoms with E-state index >= 15 is 0 Å². The molecule has 0 aromatic rings. The number of thioether (sulfide) groups is 1. The van der Waals surface area contributed by atoms with Gasteiger partial charge in [0.2, 0.25) is 5.91 Å². The summed E-state index contributed by atoms with van der Waals surface area (Å²) in [6.07, 6.45) is 2.29. The van der Waals surface area contributed by atoms with E-state index in [2.05, 4.69) is 10.1 Å². The van der Waals surface area contributed by atoms with E-state index in [9.17, 15) is 9.59 Å². The number of carbonyl (C=O) groups excluding carboxylic acids is 2. The zero-order valence-corrected chi connectivity index (χ0v) is 8.25. The van der Waals surface area contributed by atoms with Crippen LogP contribution in [0.3, 0.4) is 0 Å². The van der Waals surface area contributed by atoms with Gasteiger partial charge in [-0.3, -0.25) is 4.79 Å². The van der Waals surface area contributed by atoms with E-state index in [0.717, 1.165) is 6.42 Å². The molecule has 3 rings (SSSR count). The Kier molecular flexibility index (Phi) is 2.62. The molecule has 0 aromatic heterocycles. The van der Waals surface area contributed by atoms with Crippen molar-refractivity contribution in [3.8, 4) is 0 Å². The van der Waals surface area contributed by atoms with Crippen LogP contribution < -0.4 is 5.32 Å². The molecule has 14 heavy (non-hydrogen) atoms. The van der Waals surface area contributed by atoms with Crippen LogP contribution in [0.25, 0.3) is 0 Å². The Morgan fingerprint density at radius 2 is 2.43 bits per heavy atom. The van der Waals surface area contributed by atoms with Crippen LogP contribution >= 0.6 is 11.8 Å². The SMILES string of the molecule is O=C1C[C@H]2SC=CN12.O=C1NCCO1. The lowest BCUT2D eigenvalue weighted by atomic mass is 10.2.